The topological polar surface area (TPSA) is 49.6 Å². The Balaban J connectivity index is 2.41. The monoisotopic (exact) mass is 305 g/mol. The third kappa shape index (κ3) is 2.65. The quantitative estimate of drug-likeness (QED) is 0.851. The van der Waals surface area contributed by atoms with Crippen LogP contribution in [-0.2, 0) is 0 Å². The van der Waals surface area contributed by atoms with E-state index in [0.717, 1.165) is 15.1 Å². The third-order valence-electron chi connectivity index (χ3n) is 2.15. The van der Waals surface area contributed by atoms with Crippen molar-refractivity contribution in [1.82, 2.24) is 9.97 Å². The fourth-order valence-corrected chi connectivity index (χ4v) is 2.67. The molecule has 0 fully saturated rings. The molecule has 0 amide bonds. The van der Waals surface area contributed by atoms with E-state index in [9.17, 15) is 0 Å². The van der Waals surface area contributed by atoms with Gasteiger partial charge < -0.3 is 0 Å². The molecule has 0 saturated carbocycles. The number of hydrogen-bond donors (Lipinski definition) is 0. The molecule has 0 spiro atoms. The summed E-state index contributed by atoms with van der Waals surface area (Å²) in [7, 11) is 0. The normalized spacial score (nSPS) is 9.94. The van der Waals surface area contributed by atoms with Crippen molar-refractivity contribution in [1.29, 1.82) is 5.26 Å². The van der Waals surface area contributed by atoms with Crippen LogP contribution in [0.25, 0.3) is 0 Å². The highest BCUT2D eigenvalue weighted by atomic mass is 79.9. The van der Waals surface area contributed by atoms with Crippen LogP contribution in [0.2, 0.25) is 0 Å². The predicted octanol–water partition coefficient (Wildman–Crippen LogP) is 3.57. The molecule has 5 heteroatoms. The first-order chi connectivity index (χ1) is 8.22. The van der Waals surface area contributed by atoms with E-state index in [4.69, 9.17) is 5.26 Å². The minimum atomic E-state index is 0.607. The number of nitrogens with zero attached hydrogens (tertiary/aromatic N) is 3. The van der Waals surface area contributed by atoms with Crippen molar-refractivity contribution < 1.29 is 0 Å². The lowest BCUT2D eigenvalue weighted by Crippen LogP contribution is -1.91. The van der Waals surface area contributed by atoms with Crippen molar-refractivity contribution in [3.63, 3.8) is 0 Å². The Labute approximate surface area is 112 Å². The lowest BCUT2D eigenvalue weighted by Gasteiger charge is -2.05. The van der Waals surface area contributed by atoms with Crippen LogP contribution in [0.5, 0.6) is 0 Å². The first-order valence-electron chi connectivity index (χ1n) is 4.86. The number of nitriles is 1. The largest absolute Gasteiger partial charge is 0.248 e. The number of aryl methyl sites for hydroxylation is 1. The molecule has 17 heavy (non-hydrogen) atoms. The molecule has 0 aliphatic carbocycles. The molecule has 0 aliphatic rings. The molecular formula is C12H8BrN3S. The summed E-state index contributed by atoms with van der Waals surface area (Å²) in [6.45, 7) is 1.90. The predicted molar refractivity (Wildman–Crippen MR) is 69.7 cm³/mol. The van der Waals surface area contributed by atoms with Crippen molar-refractivity contribution >= 4 is 27.7 Å². The van der Waals surface area contributed by atoms with Crippen LogP contribution in [-0.4, -0.2) is 9.97 Å². The van der Waals surface area contributed by atoms with Gasteiger partial charge in [-0.3, -0.25) is 0 Å². The second-order valence-corrected chi connectivity index (χ2v) is 5.14. The van der Waals surface area contributed by atoms with E-state index >= 15 is 0 Å². The summed E-state index contributed by atoms with van der Waals surface area (Å²) < 4.78 is 0.900. The fraction of sp³-hybridized carbons (Fsp3) is 0.0833. The van der Waals surface area contributed by atoms with Gasteiger partial charge in [-0.1, -0.05) is 0 Å². The molecule has 0 unspecified atom stereocenters. The van der Waals surface area contributed by atoms with Gasteiger partial charge in [0.25, 0.3) is 0 Å². The van der Waals surface area contributed by atoms with Crippen molar-refractivity contribution in [2.75, 3.05) is 0 Å². The summed E-state index contributed by atoms with van der Waals surface area (Å²) >= 11 is 4.81. The minimum absolute atomic E-state index is 0.607. The van der Waals surface area contributed by atoms with Crippen LogP contribution in [0.15, 0.2) is 45.1 Å². The van der Waals surface area contributed by atoms with Gasteiger partial charge in [0, 0.05) is 12.4 Å². The molecule has 84 valence electrons. The molecule has 2 rings (SSSR count). The van der Waals surface area contributed by atoms with E-state index < -0.39 is 0 Å². The summed E-state index contributed by atoms with van der Waals surface area (Å²) in [6.07, 6.45) is 3.42. The molecule has 0 atom stereocenters. The summed E-state index contributed by atoms with van der Waals surface area (Å²) in [5, 5.41) is 10.6. The molecule has 2 aromatic heterocycles. The maximum Gasteiger partial charge on any atom is 0.120 e. The van der Waals surface area contributed by atoms with Crippen LogP contribution in [0.1, 0.15) is 11.1 Å². The van der Waals surface area contributed by atoms with Crippen LogP contribution in [0.3, 0.4) is 0 Å². The molecule has 0 aromatic carbocycles. The molecule has 0 bridgehead atoms. The fourth-order valence-electron chi connectivity index (χ4n) is 1.28. The Hall–Kier alpha value is -1.38. The Bertz CT molecular complexity index is 593. The zero-order chi connectivity index (χ0) is 12.3. The number of hydrogen-bond acceptors (Lipinski definition) is 4. The average molecular weight is 306 g/mol. The van der Waals surface area contributed by atoms with E-state index in [2.05, 4.69) is 32.0 Å². The second-order valence-electron chi connectivity index (χ2n) is 3.31. The van der Waals surface area contributed by atoms with Gasteiger partial charge in [0.2, 0.25) is 0 Å². The number of rotatable bonds is 2. The van der Waals surface area contributed by atoms with Gasteiger partial charge in [0.05, 0.1) is 10.0 Å². The molecule has 0 radical (unpaired) electrons. The maximum absolute atomic E-state index is 9.11. The summed E-state index contributed by atoms with van der Waals surface area (Å²) in [5.74, 6) is 0. The summed E-state index contributed by atoms with van der Waals surface area (Å²) in [5.41, 5.74) is 1.53. The molecule has 0 N–H and O–H groups in total. The van der Waals surface area contributed by atoms with Crippen molar-refractivity contribution in [3.05, 3.63) is 46.2 Å². The Morgan fingerprint density at radius 2 is 2.00 bits per heavy atom. The second kappa shape index (κ2) is 5.30. The Morgan fingerprint density at radius 3 is 2.71 bits per heavy atom. The van der Waals surface area contributed by atoms with Gasteiger partial charge in [-0.25, -0.2) is 9.97 Å². The van der Waals surface area contributed by atoms with E-state index in [0.29, 0.717) is 10.6 Å². The summed E-state index contributed by atoms with van der Waals surface area (Å²) in [4.78, 5) is 8.47. The molecule has 2 heterocycles. The Morgan fingerprint density at radius 1 is 1.24 bits per heavy atom. The SMILES string of the molecule is Cc1ccnc(Sc2ncccc2Br)c1C#N. The highest BCUT2D eigenvalue weighted by Gasteiger charge is 2.10. The van der Waals surface area contributed by atoms with E-state index in [1.54, 1.807) is 12.4 Å². The van der Waals surface area contributed by atoms with E-state index in [-0.39, 0.29) is 0 Å². The third-order valence-corrected chi connectivity index (χ3v) is 4.08. The van der Waals surface area contributed by atoms with Gasteiger partial charge in [0.15, 0.2) is 0 Å². The van der Waals surface area contributed by atoms with Gasteiger partial charge in [0.1, 0.15) is 16.1 Å². The van der Waals surface area contributed by atoms with Crippen LogP contribution in [0, 0.1) is 18.3 Å². The molecule has 0 aliphatic heterocycles. The van der Waals surface area contributed by atoms with Gasteiger partial charge >= 0.3 is 0 Å². The minimum Gasteiger partial charge on any atom is -0.248 e. The van der Waals surface area contributed by atoms with Crippen molar-refractivity contribution in [2.45, 2.75) is 17.0 Å². The van der Waals surface area contributed by atoms with Gasteiger partial charge in [-0.15, -0.1) is 0 Å². The smallest absolute Gasteiger partial charge is 0.120 e. The first-order valence-corrected chi connectivity index (χ1v) is 6.47. The average Bonchev–Trinajstić information content (AvgIpc) is 2.32. The first kappa shape index (κ1) is 12.1. The van der Waals surface area contributed by atoms with Crippen molar-refractivity contribution in [3.8, 4) is 6.07 Å². The number of aromatic nitrogens is 2. The standard InChI is InChI=1S/C12H8BrN3S/c1-8-4-6-16-11(9(8)7-14)17-12-10(13)3-2-5-15-12/h2-6H,1H3. The molecule has 2 aromatic rings. The Kier molecular flexibility index (Phi) is 3.77. The summed E-state index contributed by atoms with van der Waals surface area (Å²) in [6, 6.07) is 7.77. The lowest BCUT2D eigenvalue weighted by atomic mass is 10.2. The highest BCUT2D eigenvalue weighted by Crippen LogP contribution is 2.32. The van der Waals surface area contributed by atoms with Crippen LogP contribution >= 0.6 is 27.7 Å². The van der Waals surface area contributed by atoms with Crippen LogP contribution < -0.4 is 0 Å². The number of pyridine rings is 2. The molecule has 0 saturated heterocycles. The zero-order valence-corrected chi connectivity index (χ0v) is 11.4. The van der Waals surface area contributed by atoms with E-state index in [1.807, 2.05) is 25.1 Å². The highest BCUT2D eigenvalue weighted by molar-refractivity contribution is 9.10. The van der Waals surface area contributed by atoms with Crippen LogP contribution in [0.4, 0.5) is 0 Å². The zero-order valence-electron chi connectivity index (χ0n) is 9.01. The van der Waals surface area contributed by atoms with Gasteiger partial charge in [-0.05, 0) is 58.4 Å². The number of halogens is 1. The lowest BCUT2D eigenvalue weighted by molar-refractivity contribution is 1.06. The molecular weight excluding hydrogens is 298 g/mol. The van der Waals surface area contributed by atoms with Gasteiger partial charge in [-0.2, -0.15) is 5.26 Å². The van der Waals surface area contributed by atoms with Crippen molar-refractivity contribution in [2.24, 2.45) is 0 Å². The maximum atomic E-state index is 9.11. The molecule has 3 nitrogen and oxygen atoms in total. The van der Waals surface area contributed by atoms with E-state index in [1.165, 1.54) is 11.8 Å².